The van der Waals surface area contributed by atoms with Gasteiger partial charge in [0.15, 0.2) is 5.01 Å². The fourth-order valence-electron chi connectivity index (χ4n) is 2.96. The standard InChI is InChI=1S/C19H23N3O4S/c1-19(2,3)26-18(25)22-13(10-11-8-9-20-16(11)24)15(23)17-21-12-6-4-5-7-14(12)27-17/h4-7,11,13H,8-10H2,1-3H3,(H,20,24)(H,22,25)/t11-,13-/m0/s1. The Morgan fingerprint density at radius 3 is 2.74 bits per heavy atom. The quantitative estimate of drug-likeness (QED) is 0.767. The minimum absolute atomic E-state index is 0.0944. The smallest absolute Gasteiger partial charge is 0.408 e. The molecule has 2 aromatic rings. The summed E-state index contributed by atoms with van der Waals surface area (Å²) in [5, 5.41) is 5.71. The van der Waals surface area contributed by atoms with Crippen molar-refractivity contribution in [2.75, 3.05) is 6.54 Å². The highest BCUT2D eigenvalue weighted by Crippen LogP contribution is 2.25. The topological polar surface area (TPSA) is 97.4 Å². The number of ether oxygens (including phenoxy) is 1. The number of aromatic nitrogens is 1. The largest absolute Gasteiger partial charge is 0.444 e. The third-order valence-corrected chi connectivity index (χ3v) is 5.25. The maximum absolute atomic E-state index is 13.1. The SMILES string of the molecule is CC(C)(C)OC(=O)N[C@@H](C[C@@H]1CCNC1=O)C(=O)c1nc2ccccc2s1. The van der Waals surface area contributed by atoms with Crippen LogP contribution in [0.5, 0.6) is 0 Å². The summed E-state index contributed by atoms with van der Waals surface area (Å²) in [5.74, 6) is -0.715. The van der Waals surface area contributed by atoms with Crippen LogP contribution in [-0.4, -0.2) is 41.0 Å². The van der Waals surface area contributed by atoms with E-state index in [0.717, 1.165) is 10.2 Å². The molecule has 1 aromatic heterocycles. The lowest BCUT2D eigenvalue weighted by Gasteiger charge is -2.23. The molecule has 1 aliphatic rings. The molecule has 1 fully saturated rings. The second kappa shape index (κ2) is 7.64. The van der Waals surface area contributed by atoms with Crippen LogP contribution in [0.1, 0.15) is 43.4 Å². The van der Waals surface area contributed by atoms with Gasteiger partial charge in [-0.1, -0.05) is 12.1 Å². The van der Waals surface area contributed by atoms with Gasteiger partial charge in [0.25, 0.3) is 0 Å². The number of carbonyl (C=O) groups is 3. The predicted molar refractivity (Wildman–Crippen MR) is 103 cm³/mol. The molecule has 2 heterocycles. The van der Waals surface area contributed by atoms with Gasteiger partial charge in [-0.3, -0.25) is 9.59 Å². The molecule has 2 N–H and O–H groups in total. The molecule has 1 aliphatic heterocycles. The van der Waals surface area contributed by atoms with Crippen molar-refractivity contribution in [3.05, 3.63) is 29.3 Å². The third kappa shape index (κ3) is 4.82. The van der Waals surface area contributed by atoms with Crippen LogP contribution in [0.3, 0.4) is 0 Å². The first kappa shape index (κ1) is 19.3. The van der Waals surface area contributed by atoms with E-state index < -0.39 is 17.7 Å². The average Bonchev–Trinajstić information content (AvgIpc) is 3.18. The minimum Gasteiger partial charge on any atom is -0.444 e. The van der Waals surface area contributed by atoms with E-state index in [4.69, 9.17) is 4.74 Å². The summed E-state index contributed by atoms with van der Waals surface area (Å²) in [6.45, 7) is 5.84. The number of benzene rings is 1. The minimum atomic E-state index is -0.866. The van der Waals surface area contributed by atoms with Crippen LogP contribution < -0.4 is 10.6 Å². The number of thiazole rings is 1. The van der Waals surface area contributed by atoms with Gasteiger partial charge in [-0.15, -0.1) is 11.3 Å². The molecule has 0 radical (unpaired) electrons. The van der Waals surface area contributed by atoms with Gasteiger partial charge in [0.2, 0.25) is 11.7 Å². The molecule has 0 saturated carbocycles. The maximum atomic E-state index is 13.1. The number of para-hydroxylation sites is 1. The van der Waals surface area contributed by atoms with Crippen LogP contribution in [0.2, 0.25) is 0 Å². The molecule has 1 aromatic carbocycles. The van der Waals surface area contributed by atoms with Crippen molar-refractivity contribution in [1.29, 1.82) is 0 Å². The second-order valence-corrected chi connectivity index (χ2v) is 8.59. The summed E-state index contributed by atoms with van der Waals surface area (Å²) in [6, 6.07) is 6.60. The Balaban J connectivity index is 1.81. The summed E-state index contributed by atoms with van der Waals surface area (Å²) < 4.78 is 6.18. The van der Waals surface area contributed by atoms with Crippen LogP contribution in [0.4, 0.5) is 4.79 Å². The molecule has 0 bridgehead atoms. The predicted octanol–water partition coefficient (Wildman–Crippen LogP) is 2.90. The number of nitrogens with one attached hydrogen (secondary N) is 2. The molecular formula is C19H23N3O4S. The number of nitrogens with zero attached hydrogens (tertiary/aromatic N) is 1. The first-order valence-corrected chi connectivity index (χ1v) is 9.71. The molecule has 2 atom stereocenters. The van der Waals surface area contributed by atoms with Crippen molar-refractivity contribution in [3.63, 3.8) is 0 Å². The van der Waals surface area contributed by atoms with E-state index in [2.05, 4.69) is 15.6 Å². The van der Waals surface area contributed by atoms with Crippen molar-refractivity contribution in [1.82, 2.24) is 15.6 Å². The number of rotatable bonds is 5. The van der Waals surface area contributed by atoms with Gasteiger partial charge in [0.1, 0.15) is 5.60 Å². The normalized spacial score (nSPS) is 18.2. The van der Waals surface area contributed by atoms with Gasteiger partial charge < -0.3 is 15.4 Å². The molecule has 0 spiro atoms. The van der Waals surface area contributed by atoms with Crippen LogP contribution in [0, 0.1) is 5.92 Å². The highest BCUT2D eigenvalue weighted by atomic mass is 32.1. The molecule has 27 heavy (non-hydrogen) atoms. The summed E-state index contributed by atoms with van der Waals surface area (Å²) in [6.07, 6.45) is 0.179. The first-order chi connectivity index (χ1) is 12.7. The Bertz CT molecular complexity index is 838. The van der Waals surface area contributed by atoms with Crippen molar-refractivity contribution in [2.24, 2.45) is 5.92 Å². The molecule has 7 nitrogen and oxygen atoms in total. The number of alkyl carbamates (subject to hydrolysis) is 1. The second-order valence-electron chi connectivity index (χ2n) is 7.56. The van der Waals surface area contributed by atoms with Crippen LogP contribution in [0.25, 0.3) is 10.2 Å². The molecule has 0 aliphatic carbocycles. The zero-order valence-corrected chi connectivity index (χ0v) is 16.4. The summed E-state index contributed by atoms with van der Waals surface area (Å²) in [5.41, 5.74) is 0.0543. The molecule has 1 saturated heterocycles. The number of Topliss-reactive ketones (excluding diaryl/α,β-unsaturated/α-hetero) is 1. The summed E-state index contributed by atoms with van der Waals surface area (Å²) in [4.78, 5) is 41.6. The zero-order chi connectivity index (χ0) is 19.6. The Morgan fingerprint density at radius 2 is 2.11 bits per heavy atom. The molecule has 3 rings (SSSR count). The van der Waals surface area contributed by atoms with Gasteiger partial charge in [-0.2, -0.15) is 0 Å². The molecule has 0 unspecified atom stereocenters. The Morgan fingerprint density at radius 1 is 1.37 bits per heavy atom. The summed E-state index contributed by atoms with van der Waals surface area (Å²) in [7, 11) is 0. The van der Waals surface area contributed by atoms with E-state index >= 15 is 0 Å². The Hall–Kier alpha value is -2.48. The van der Waals surface area contributed by atoms with E-state index in [-0.39, 0.29) is 24.0 Å². The van der Waals surface area contributed by atoms with E-state index in [1.54, 1.807) is 20.8 Å². The van der Waals surface area contributed by atoms with E-state index in [1.807, 2.05) is 24.3 Å². The Kier molecular flexibility index (Phi) is 5.46. The lowest BCUT2D eigenvalue weighted by molar-refractivity contribution is -0.122. The van der Waals surface area contributed by atoms with Crippen molar-refractivity contribution in [2.45, 2.75) is 45.3 Å². The number of amides is 2. The van der Waals surface area contributed by atoms with E-state index in [9.17, 15) is 14.4 Å². The van der Waals surface area contributed by atoms with Gasteiger partial charge in [0, 0.05) is 12.5 Å². The van der Waals surface area contributed by atoms with Crippen LogP contribution >= 0.6 is 11.3 Å². The number of hydrogen-bond acceptors (Lipinski definition) is 6. The number of hydrogen-bond donors (Lipinski definition) is 2. The van der Waals surface area contributed by atoms with Crippen LogP contribution in [-0.2, 0) is 9.53 Å². The highest BCUT2D eigenvalue weighted by Gasteiger charge is 2.34. The lowest BCUT2D eigenvalue weighted by atomic mass is 9.96. The maximum Gasteiger partial charge on any atom is 0.408 e. The lowest BCUT2D eigenvalue weighted by Crippen LogP contribution is -2.45. The molecule has 2 amide bonds. The molecular weight excluding hydrogens is 366 g/mol. The highest BCUT2D eigenvalue weighted by molar-refractivity contribution is 7.20. The number of fused-ring (bicyclic) bond motifs is 1. The van der Waals surface area contributed by atoms with Crippen molar-refractivity contribution in [3.8, 4) is 0 Å². The Labute approximate surface area is 161 Å². The van der Waals surface area contributed by atoms with Gasteiger partial charge in [-0.05, 0) is 45.7 Å². The fraction of sp³-hybridized carbons (Fsp3) is 0.474. The molecule has 144 valence electrons. The third-order valence-electron chi connectivity index (χ3n) is 4.20. The number of ketones is 1. The van der Waals surface area contributed by atoms with Gasteiger partial charge in [-0.25, -0.2) is 9.78 Å². The van der Waals surface area contributed by atoms with E-state index in [0.29, 0.717) is 18.0 Å². The summed E-state index contributed by atoms with van der Waals surface area (Å²) >= 11 is 1.28. The van der Waals surface area contributed by atoms with Gasteiger partial charge in [0.05, 0.1) is 16.3 Å². The van der Waals surface area contributed by atoms with Crippen molar-refractivity contribution < 1.29 is 19.1 Å². The average molecular weight is 389 g/mol. The monoisotopic (exact) mass is 389 g/mol. The zero-order valence-electron chi connectivity index (χ0n) is 15.6. The number of carbonyl (C=O) groups excluding carboxylic acids is 3. The van der Waals surface area contributed by atoms with Crippen molar-refractivity contribution >= 4 is 39.3 Å². The van der Waals surface area contributed by atoms with E-state index in [1.165, 1.54) is 11.3 Å². The van der Waals surface area contributed by atoms with Gasteiger partial charge >= 0.3 is 6.09 Å². The fourth-order valence-corrected chi connectivity index (χ4v) is 3.92. The first-order valence-electron chi connectivity index (χ1n) is 8.90. The van der Waals surface area contributed by atoms with Crippen LogP contribution in [0.15, 0.2) is 24.3 Å². The molecule has 8 heteroatoms.